The Morgan fingerprint density at radius 2 is 1.66 bits per heavy atom. The van der Waals surface area contributed by atoms with Crippen LogP contribution in [-0.2, 0) is 9.59 Å². The van der Waals surface area contributed by atoms with Gasteiger partial charge in [-0.05, 0) is 57.3 Å². The van der Waals surface area contributed by atoms with Crippen molar-refractivity contribution in [1.82, 2.24) is 19.6 Å². The second kappa shape index (κ2) is 7.78. The number of urea groups is 2. The second-order valence-electron chi connectivity index (χ2n) is 10.3. The molecule has 0 radical (unpaired) electrons. The number of imide groups is 2. The van der Waals surface area contributed by atoms with E-state index in [0.717, 1.165) is 38.6 Å². The normalized spacial score (nSPS) is 34.8. The number of amides is 6. The van der Waals surface area contributed by atoms with Gasteiger partial charge < -0.3 is 15.5 Å². The summed E-state index contributed by atoms with van der Waals surface area (Å²) >= 11 is 0. The van der Waals surface area contributed by atoms with E-state index in [9.17, 15) is 19.2 Å². The third-order valence-corrected chi connectivity index (χ3v) is 8.10. The highest BCUT2D eigenvalue weighted by Crippen LogP contribution is 2.60. The lowest BCUT2D eigenvalue weighted by Crippen LogP contribution is -2.64. The lowest BCUT2D eigenvalue weighted by molar-refractivity contribution is -0.139. The second-order valence-corrected chi connectivity index (χ2v) is 10.3. The van der Waals surface area contributed by atoms with Crippen LogP contribution < -0.4 is 5.73 Å². The predicted molar refractivity (Wildman–Crippen MR) is 118 cm³/mol. The number of carbonyl (C=O) groups is 4. The van der Waals surface area contributed by atoms with Crippen LogP contribution in [0.4, 0.5) is 9.59 Å². The summed E-state index contributed by atoms with van der Waals surface area (Å²) in [5.74, 6) is -1.13. The minimum absolute atomic E-state index is 0.0716. The fourth-order valence-electron chi connectivity index (χ4n) is 6.42. The Hall–Kier alpha value is -2.58. The highest BCUT2D eigenvalue weighted by atomic mass is 16.2. The first-order chi connectivity index (χ1) is 15.1. The molecule has 0 aromatic heterocycles. The molecule has 0 atom stereocenters. The van der Waals surface area contributed by atoms with Crippen LogP contribution in [0.15, 0.2) is 11.3 Å². The number of carbonyl (C=O) groups excluding carboxylic acids is 4. The fraction of sp³-hybridized carbons (Fsp3) is 0.739. The van der Waals surface area contributed by atoms with Crippen molar-refractivity contribution in [2.24, 2.45) is 11.1 Å². The average Bonchev–Trinajstić information content (AvgIpc) is 2.92. The molecule has 2 spiro atoms. The molecular formula is C23H35N5O4. The van der Waals surface area contributed by atoms with Crippen LogP contribution in [0.3, 0.4) is 0 Å². The molecule has 0 aromatic rings. The third-order valence-electron chi connectivity index (χ3n) is 8.10. The molecule has 2 heterocycles. The highest BCUT2D eigenvalue weighted by molar-refractivity contribution is 6.29. The highest BCUT2D eigenvalue weighted by Gasteiger charge is 2.62. The standard InChI is InChI=1S/C23H35N5O4/c1-5-6-11-27-18(29)17(15(2)24)19(30)28(21(27)32)16-7-9-22(10-8-16)12-23(13-22)14-25(3)20(31)26(23)4/h16H,5-14,24H2,1-4H3/b17-15+. The first kappa shape index (κ1) is 22.6. The lowest BCUT2D eigenvalue weighted by Gasteiger charge is -2.59. The van der Waals surface area contributed by atoms with Gasteiger partial charge in [0.2, 0.25) is 0 Å². The van der Waals surface area contributed by atoms with E-state index in [1.54, 1.807) is 4.90 Å². The van der Waals surface area contributed by atoms with Crippen LogP contribution >= 0.6 is 0 Å². The number of nitrogens with two attached hydrogens (primary N) is 1. The summed E-state index contributed by atoms with van der Waals surface area (Å²) in [5.41, 5.74) is 6.06. The van der Waals surface area contributed by atoms with E-state index in [2.05, 4.69) is 0 Å². The molecule has 2 aliphatic heterocycles. The van der Waals surface area contributed by atoms with Crippen molar-refractivity contribution in [3.05, 3.63) is 11.3 Å². The van der Waals surface area contributed by atoms with Gasteiger partial charge in [0.25, 0.3) is 11.8 Å². The quantitative estimate of drug-likeness (QED) is 0.528. The first-order valence-corrected chi connectivity index (χ1v) is 11.7. The molecule has 2 saturated heterocycles. The molecule has 0 bridgehead atoms. The summed E-state index contributed by atoms with van der Waals surface area (Å²) in [5, 5.41) is 0. The molecular weight excluding hydrogens is 410 g/mol. The lowest BCUT2D eigenvalue weighted by atomic mass is 9.51. The number of unbranched alkanes of at least 4 members (excludes halogenated alkanes) is 1. The van der Waals surface area contributed by atoms with Crippen LogP contribution in [0.25, 0.3) is 0 Å². The van der Waals surface area contributed by atoms with Crippen LogP contribution in [-0.4, -0.2) is 82.2 Å². The van der Waals surface area contributed by atoms with Crippen molar-refractivity contribution in [3.8, 4) is 0 Å². The maximum Gasteiger partial charge on any atom is 0.334 e. The van der Waals surface area contributed by atoms with Gasteiger partial charge in [0, 0.05) is 38.9 Å². The van der Waals surface area contributed by atoms with Gasteiger partial charge in [-0.15, -0.1) is 0 Å². The summed E-state index contributed by atoms with van der Waals surface area (Å²) in [7, 11) is 3.74. The van der Waals surface area contributed by atoms with Crippen molar-refractivity contribution >= 4 is 23.9 Å². The van der Waals surface area contributed by atoms with E-state index < -0.39 is 17.8 Å². The van der Waals surface area contributed by atoms with Gasteiger partial charge in [-0.2, -0.15) is 0 Å². The summed E-state index contributed by atoms with van der Waals surface area (Å²) in [6.45, 7) is 4.58. The Kier molecular flexibility index (Phi) is 5.49. The molecule has 32 heavy (non-hydrogen) atoms. The van der Waals surface area contributed by atoms with Gasteiger partial charge in [-0.1, -0.05) is 13.3 Å². The van der Waals surface area contributed by atoms with Gasteiger partial charge in [-0.3, -0.25) is 19.4 Å². The van der Waals surface area contributed by atoms with Crippen molar-refractivity contribution in [3.63, 3.8) is 0 Å². The summed E-state index contributed by atoms with van der Waals surface area (Å²) < 4.78 is 0. The third kappa shape index (κ3) is 3.28. The molecule has 4 aliphatic rings. The number of allylic oxidation sites excluding steroid dienone is 1. The number of hydrogen-bond acceptors (Lipinski definition) is 5. The van der Waals surface area contributed by atoms with Gasteiger partial charge in [0.05, 0.1) is 5.54 Å². The van der Waals surface area contributed by atoms with Crippen molar-refractivity contribution in [2.75, 3.05) is 27.2 Å². The first-order valence-electron chi connectivity index (χ1n) is 11.7. The maximum absolute atomic E-state index is 13.2. The smallest absolute Gasteiger partial charge is 0.334 e. The van der Waals surface area contributed by atoms with E-state index in [1.807, 2.05) is 25.9 Å². The minimum Gasteiger partial charge on any atom is -0.401 e. The van der Waals surface area contributed by atoms with E-state index in [1.165, 1.54) is 16.7 Å². The topological polar surface area (TPSA) is 107 Å². The number of rotatable bonds is 4. The number of hydrogen-bond donors (Lipinski definition) is 1. The van der Waals surface area contributed by atoms with Crippen molar-refractivity contribution in [2.45, 2.75) is 76.8 Å². The molecule has 9 heteroatoms. The van der Waals surface area contributed by atoms with Gasteiger partial charge in [0.1, 0.15) is 5.57 Å². The van der Waals surface area contributed by atoms with Crippen molar-refractivity contribution in [1.29, 1.82) is 0 Å². The Labute approximate surface area is 189 Å². The fourth-order valence-corrected chi connectivity index (χ4v) is 6.42. The average molecular weight is 446 g/mol. The van der Waals surface area contributed by atoms with Crippen LogP contribution in [0.5, 0.6) is 0 Å². The number of likely N-dealkylation sites (N-methyl/N-ethyl adjacent to an activating group) is 2. The summed E-state index contributed by atoms with van der Waals surface area (Å²) in [6, 6.07) is -0.659. The van der Waals surface area contributed by atoms with E-state index in [0.29, 0.717) is 25.8 Å². The largest absolute Gasteiger partial charge is 0.401 e. The Balaban J connectivity index is 1.47. The zero-order valence-corrected chi connectivity index (χ0v) is 19.6. The molecule has 2 N–H and O–H groups in total. The van der Waals surface area contributed by atoms with Gasteiger partial charge >= 0.3 is 12.1 Å². The van der Waals surface area contributed by atoms with Crippen LogP contribution in [0, 0.1) is 5.41 Å². The monoisotopic (exact) mass is 445 g/mol. The molecule has 2 saturated carbocycles. The molecule has 6 amide bonds. The Morgan fingerprint density at radius 1 is 1.03 bits per heavy atom. The minimum atomic E-state index is -0.573. The Bertz CT molecular complexity index is 877. The SMILES string of the molecule is CCCCN1C(=O)/C(=C(/C)N)C(=O)N(C2CCC3(CC2)CC2(CN(C)C(=O)N2C)C3)C1=O. The summed E-state index contributed by atoms with van der Waals surface area (Å²) in [6.07, 6.45) is 6.71. The summed E-state index contributed by atoms with van der Waals surface area (Å²) in [4.78, 5) is 57.5. The van der Waals surface area contributed by atoms with Crippen molar-refractivity contribution < 1.29 is 19.2 Å². The van der Waals surface area contributed by atoms with Gasteiger partial charge in [-0.25, -0.2) is 9.59 Å². The van der Waals surface area contributed by atoms with Crippen LogP contribution in [0.1, 0.15) is 65.2 Å². The number of nitrogens with zero attached hydrogens (tertiary/aromatic N) is 4. The molecule has 4 fully saturated rings. The molecule has 0 aromatic carbocycles. The molecule has 9 nitrogen and oxygen atoms in total. The van der Waals surface area contributed by atoms with E-state index in [-0.39, 0.29) is 34.3 Å². The van der Waals surface area contributed by atoms with E-state index in [4.69, 9.17) is 5.73 Å². The maximum atomic E-state index is 13.2. The van der Waals surface area contributed by atoms with Crippen LogP contribution in [0.2, 0.25) is 0 Å². The number of barbiturate groups is 1. The van der Waals surface area contributed by atoms with Gasteiger partial charge in [0.15, 0.2) is 0 Å². The Morgan fingerprint density at radius 3 is 2.16 bits per heavy atom. The molecule has 176 valence electrons. The molecule has 0 unspecified atom stereocenters. The zero-order chi connectivity index (χ0) is 23.4. The predicted octanol–water partition coefficient (Wildman–Crippen LogP) is 2.27. The van der Waals surface area contributed by atoms with E-state index >= 15 is 0 Å². The molecule has 4 rings (SSSR count). The molecule has 2 aliphatic carbocycles. The zero-order valence-electron chi connectivity index (χ0n) is 19.6.